The molecule has 2 aromatic heterocycles. The fraction of sp³-hybridized carbons (Fsp3) is 0.294. The van der Waals surface area contributed by atoms with E-state index in [1.165, 1.54) is 16.9 Å². The molecule has 0 unspecified atom stereocenters. The number of rotatable bonds is 1. The van der Waals surface area contributed by atoms with Crippen LogP contribution in [0.1, 0.15) is 28.1 Å². The lowest BCUT2D eigenvalue weighted by atomic mass is 10.1. The minimum absolute atomic E-state index is 0.0539. The number of nitrogens with two attached hydrogens (primary N) is 1. The minimum Gasteiger partial charge on any atom is -0.397 e. The number of carbonyl (C=O) groups is 1. The number of aromatic nitrogens is 1. The van der Waals surface area contributed by atoms with Gasteiger partial charge in [0.2, 0.25) is 0 Å². The highest BCUT2D eigenvalue weighted by molar-refractivity contribution is 7.21. The van der Waals surface area contributed by atoms with Gasteiger partial charge in [-0.2, -0.15) is 0 Å². The number of nitrogens with zero attached hydrogens (tertiary/aromatic N) is 2. The van der Waals surface area contributed by atoms with Crippen molar-refractivity contribution >= 4 is 44.1 Å². The Kier molecular flexibility index (Phi) is 3.04. The Hall–Kier alpha value is -2.14. The summed E-state index contributed by atoms with van der Waals surface area (Å²) >= 11 is 1.41. The van der Waals surface area contributed by atoms with Crippen LogP contribution >= 0.6 is 11.3 Å². The SMILES string of the molecule is Cc1ccc2nc3sc(C(=O)N4CCCC4)c(N)c3cc2c1. The number of anilines is 1. The Labute approximate surface area is 132 Å². The van der Waals surface area contributed by atoms with E-state index in [9.17, 15) is 4.79 Å². The van der Waals surface area contributed by atoms with Crippen molar-refractivity contribution in [2.24, 2.45) is 0 Å². The van der Waals surface area contributed by atoms with Crippen LogP contribution in [-0.4, -0.2) is 28.9 Å². The molecule has 1 amide bonds. The maximum absolute atomic E-state index is 12.6. The average molecular weight is 311 g/mol. The molecule has 1 fully saturated rings. The third kappa shape index (κ3) is 2.04. The number of pyridine rings is 1. The van der Waals surface area contributed by atoms with Crippen LogP contribution in [0.5, 0.6) is 0 Å². The lowest BCUT2D eigenvalue weighted by Crippen LogP contribution is -2.27. The van der Waals surface area contributed by atoms with E-state index in [-0.39, 0.29) is 5.91 Å². The molecule has 0 saturated carbocycles. The first-order chi connectivity index (χ1) is 10.6. The van der Waals surface area contributed by atoms with Crippen molar-refractivity contribution in [2.45, 2.75) is 19.8 Å². The number of thiophene rings is 1. The zero-order valence-electron chi connectivity index (χ0n) is 12.4. The first kappa shape index (κ1) is 13.5. The smallest absolute Gasteiger partial charge is 0.266 e. The van der Waals surface area contributed by atoms with Gasteiger partial charge in [-0.25, -0.2) is 4.98 Å². The molecule has 1 saturated heterocycles. The summed E-state index contributed by atoms with van der Waals surface area (Å²) in [7, 11) is 0. The van der Waals surface area contributed by atoms with Crippen LogP contribution in [-0.2, 0) is 0 Å². The van der Waals surface area contributed by atoms with Crippen molar-refractivity contribution in [1.82, 2.24) is 9.88 Å². The van der Waals surface area contributed by atoms with E-state index in [0.717, 1.165) is 47.1 Å². The molecule has 0 radical (unpaired) electrons. The van der Waals surface area contributed by atoms with E-state index in [1.807, 2.05) is 11.0 Å². The van der Waals surface area contributed by atoms with Gasteiger partial charge in [-0.3, -0.25) is 4.79 Å². The molecule has 2 N–H and O–H groups in total. The molecule has 5 heteroatoms. The van der Waals surface area contributed by atoms with Crippen LogP contribution in [0.3, 0.4) is 0 Å². The first-order valence-electron chi connectivity index (χ1n) is 7.52. The van der Waals surface area contributed by atoms with Gasteiger partial charge in [0, 0.05) is 23.9 Å². The number of carbonyl (C=O) groups excluding carboxylic acids is 1. The Morgan fingerprint density at radius 1 is 1.27 bits per heavy atom. The number of amides is 1. The normalized spacial score (nSPS) is 15.0. The highest BCUT2D eigenvalue weighted by Gasteiger charge is 2.24. The van der Waals surface area contributed by atoms with E-state index in [2.05, 4.69) is 30.1 Å². The van der Waals surface area contributed by atoms with E-state index < -0.39 is 0 Å². The highest BCUT2D eigenvalue weighted by Crippen LogP contribution is 2.35. The quantitative estimate of drug-likeness (QED) is 0.747. The summed E-state index contributed by atoms with van der Waals surface area (Å²) in [6.07, 6.45) is 2.16. The van der Waals surface area contributed by atoms with Crippen LogP contribution < -0.4 is 5.73 Å². The molecule has 3 heterocycles. The lowest BCUT2D eigenvalue weighted by molar-refractivity contribution is 0.0798. The second kappa shape index (κ2) is 4.95. The van der Waals surface area contributed by atoms with Crippen molar-refractivity contribution in [3.63, 3.8) is 0 Å². The first-order valence-corrected chi connectivity index (χ1v) is 8.34. The molecule has 0 aliphatic carbocycles. The molecular weight excluding hydrogens is 294 g/mol. The van der Waals surface area contributed by atoms with Crippen LogP contribution in [0.2, 0.25) is 0 Å². The zero-order valence-corrected chi connectivity index (χ0v) is 13.2. The number of nitrogen functional groups attached to an aromatic ring is 1. The van der Waals surface area contributed by atoms with Crippen LogP contribution in [0, 0.1) is 6.92 Å². The Balaban J connectivity index is 1.88. The van der Waals surface area contributed by atoms with Crippen LogP contribution in [0.4, 0.5) is 5.69 Å². The molecular formula is C17H17N3OS. The van der Waals surface area contributed by atoms with Gasteiger partial charge < -0.3 is 10.6 Å². The summed E-state index contributed by atoms with van der Waals surface area (Å²) in [4.78, 5) is 20.7. The lowest BCUT2D eigenvalue weighted by Gasteiger charge is -2.13. The second-order valence-electron chi connectivity index (χ2n) is 5.88. The summed E-state index contributed by atoms with van der Waals surface area (Å²) < 4.78 is 0. The van der Waals surface area contributed by atoms with Gasteiger partial charge >= 0.3 is 0 Å². The van der Waals surface area contributed by atoms with Crippen molar-refractivity contribution in [3.05, 3.63) is 34.7 Å². The number of benzene rings is 1. The third-order valence-corrected chi connectivity index (χ3v) is 5.36. The highest BCUT2D eigenvalue weighted by atomic mass is 32.1. The molecule has 3 aromatic rings. The van der Waals surface area contributed by atoms with Gasteiger partial charge in [-0.15, -0.1) is 11.3 Å². The summed E-state index contributed by atoms with van der Waals surface area (Å²) in [5.74, 6) is 0.0539. The molecule has 1 aliphatic rings. The maximum atomic E-state index is 12.6. The monoisotopic (exact) mass is 311 g/mol. The molecule has 0 atom stereocenters. The summed E-state index contributed by atoms with van der Waals surface area (Å²) in [5, 5.41) is 1.96. The minimum atomic E-state index is 0.0539. The Bertz CT molecular complexity index is 894. The van der Waals surface area contributed by atoms with Gasteiger partial charge in [0.05, 0.1) is 11.2 Å². The van der Waals surface area contributed by atoms with Gasteiger partial charge in [-0.05, 0) is 38.0 Å². The van der Waals surface area contributed by atoms with Crippen LogP contribution in [0.25, 0.3) is 21.1 Å². The zero-order chi connectivity index (χ0) is 15.3. The molecule has 0 spiro atoms. The van der Waals surface area contributed by atoms with Crippen molar-refractivity contribution in [2.75, 3.05) is 18.8 Å². The largest absolute Gasteiger partial charge is 0.397 e. The molecule has 22 heavy (non-hydrogen) atoms. The van der Waals surface area contributed by atoms with Crippen molar-refractivity contribution in [3.8, 4) is 0 Å². The van der Waals surface area contributed by atoms with E-state index >= 15 is 0 Å². The van der Waals surface area contributed by atoms with E-state index in [4.69, 9.17) is 5.73 Å². The fourth-order valence-corrected chi connectivity index (χ4v) is 4.10. The summed E-state index contributed by atoms with van der Waals surface area (Å²) in [6.45, 7) is 3.73. The number of hydrogen-bond donors (Lipinski definition) is 1. The van der Waals surface area contributed by atoms with Gasteiger partial charge in [0.15, 0.2) is 0 Å². The molecule has 1 aliphatic heterocycles. The average Bonchev–Trinajstić information content (AvgIpc) is 3.14. The Morgan fingerprint density at radius 3 is 2.82 bits per heavy atom. The second-order valence-corrected chi connectivity index (χ2v) is 6.88. The number of likely N-dealkylation sites (tertiary alicyclic amines) is 1. The summed E-state index contributed by atoms with van der Waals surface area (Å²) in [6, 6.07) is 8.22. The molecule has 0 bridgehead atoms. The standard InChI is InChI=1S/C17H17N3OS/c1-10-4-5-13-11(8-10)9-12-14(18)15(22-16(12)19-13)17(21)20-6-2-3-7-20/h4-5,8-9H,2-3,6-7,18H2,1H3. The number of aryl methyl sites for hydroxylation is 1. The Morgan fingerprint density at radius 2 is 2.05 bits per heavy atom. The van der Waals surface area contributed by atoms with Gasteiger partial charge in [0.1, 0.15) is 9.71 Å². The van der Waals surface area contributed by atoms with Gasteiger partial charge in [-0.1, -0.05) is 11.6 Å². The molecule has 4 rings (SSSR count). The number of hydrogen-bond acceptors (Lipinski definition) is 4. The van der Waals surface area contributed by atoms with Crippen molar-refractivity contribution in [1.29, 1.82) is 0 Å². The molecule has 112 valence electrons. The molecule has 1 aromatic carbocycles. The van der Waals surface area contributed by atoms with Crippen molar-refractivity contribution < 1.29 is 4.79 Å². The third-order valence-electron chi connectivity index (χ3n) is 4.26. The molecule has 4 nitrogen and oxygen atoms in total. The fourth-order valence-electron chi connectivity index (χ4n) is 3.05. The predicted octanol–water partition coefficient (Wildman–Crippen LogP) is 3.58. The summed E-state index contributed by atoms with van der Waals surface area (Å²) in [5.41, 5.74) is 8.97. The van der Waals surface area contributed by atoms with Crippen LogP contribution in [0.15, 0.2) is 24.3 Å². The predicted molar refractivity (Wildman–Crippen MR) is 91.4 cm³/mol. The maximum Gasteiger partial charge on any atom is 0.266 e. The number of fused-ring (bicyclic) bond motifs is 2. The van der Waals surface area contributed by atoms with Gasteiger partial charge in [0.25, 0.3) is 5.91 Å². The van der Waals surface area contributed by atoms with E-state index in [1.54, 1.807) is 0 Å². The topological polar surface area (TPSA) is 59.2 Å². The van der Waals surface area contributed by atoms with E-state index in [0.29, 0.717) is 10.6 Å².